The maximum atomic E-state index is 5.65. The van der Waals surface area contributed by atoms with Crippen molar-refractivity contribution in [2.24, 2.45) is 0 Å². The molecule has 0 N–H and O–H groups in total. The summed E-state index contributed by atoms with van der Waals surface area (Å²) in [7, 11) is 0. The second-order valence-electron chi connectivity index (χ2n) is 18.1. The van der Waals surface area contributed by atoms with Crippen molar-refractivity contribution in [2.75, 3.05) is 4.90 Å². The van der Waals surface area contributed by atoms with E-state index in [1.54, 1.807) is 0 Å². The van der Waals surface area contributed by atoms with Crippen LogP contribution < -0.4 is 4.90 Å². The van der Waals surface area contributed by atoms with Crippen LogP contribution in [0, 0.1) is 0 Å². The number of benzene rings is 11. The monoisotopic (exact) mass is 878 g/mol. The van der Waals surface area contributed by atoms with Crippen molar-refractivity contribution in [1.82, 2.24) is 14.5 Å². The van der Waals surface area contributed by atoms with Gasteiger partial charge in [-0.15, -0.1) is 0 Å². The molecule has 0 radical (unpaired) electrons. The van der Waals surface area contributed by atoms with Gasteiger partial charge in [0.15, 0.2) is 0 Å². The number of rotatable bonds is 7. The molecule has 14 rings (SSSR count). The molecule has 0 amide bonds. The lowest BCUT2D eigenvalue weighted by atomic mass is 9.67. The number of hydrogen-bond acceptors (Lipinski definition) is 3. The number of nitrogens with zero attached hydrogens (tertiary/aromatic N) is 4. The highest BCUT2D eigenvalue weighted by atomic mass is 15.3. The molecule has 0 bridgehead atoms. The maximum Gasteiger partial charge on any atom is 0.235 e. The Morgan fingerprint density at radius 2 is 1.03 bits per heavy atom. The highest BCUT2D eigenvalue weighted by Gasteiger charge is 2.48. The minimum Gasteiger partial charge on any atom is -0.309 e. The van der Waals surface area contributed by atoms with Crippen LogP contribution >= 0.6 is 0 Å². The van der Waals surface area contributed by atoms with Gasteiger partial charge in [-0.1, -0.05) is 206 Å². The summed E-state index contributed by atoms with van der Waals surface area (Å²) in [5.41, 5.74) is 14.7. The van der Waals surface area contributed by atoms with Gasteiger partial charge in [-0.25, -0.2) is 9.97 Å². The van der Waals surface area contributed by atoms with Gasteiger partial charge in [-0.2, -0.15) is 0 Å². The smallest absolute Gasteiger partial charge is 0.235 e. The fraction of sp³-hybridized carbons (Fsp3) is 0.0154. The Morgan fingerprint density at radius 3 is 1.88 bits per heavy atom. The van der Waals surface area contributed by atoms with Crippen LogP contribution in [0.2, 0.25) is 0 Å². The quantitative estimate of drug-likeness (QED) is 0.160. The molecule has 1 unspecified atom stereocenters. The van der Waals surface area contributed by atoms with Crippen LogP contribution in [0.25, 0.3) is 82.3 Å². The summed E-state index contributed by atoms with van der Waals surface area (Å²) >= 11 is 0. The van der Waals surface area contributed by atoms with Crippen molar-refractivity contribution in [3.63, 3.8) is 0 Å². The van der Waals surface area contributed by atoms with Crippen LogP contribution in [-0.2, 0) is 5.41 Å². The molecular formula is C65H42N4. The van der Waals surface area contributed by atoms with Crippen LogP contribution in [0.4, 0.5) is 17.3 Å². The maximum absolute atomic E-state index is 5.65. The molecule has 1 atom stereocenters. The zero-order valence-electron chi connectivity index (χ0n) is 37.5. The molecule has 2 heterocycles. The normalized spacial score (nSPS) is 14.1. The topological polar surface area (TPSA) is 34.0 Å². The summed E-state index contributed by atoms with van der Waals surface area (Å²) < 4.78 is 2.40. The fourth-order valence-corrected chi connectivity index (χ4v) is 11.5. The van der Waals surface area contributed by atoms with Gasteiger partial charge in [0.2, 0.25) is 5.95 Å². The summed E-state index contributed by atoms with van der Waals surface area (Å²) in [6.45, 7) is 0. The van der Waals surface area contributed by atoms with Crippen LogP contribution in [0.5, 0.6) is 0 Å². The first-order valence-electron chi connectivity index (χ1n) is 23.7. The molecule has 2 aromatic heterocycles. The van der Waals surface area contributed by atoms with Crippen LogP contribution in [0.1, 0.15) is 22.3 Å². The first-order valence-corrected chi connectivity index (χ1v) is 23.7. The lowest BCUT2D eigenvalue weighted by molar-refractivity contribution is 0.767. The Labute approximate surface area is 399 Å². The number of hydrogen-bond donors (Lipinski definition) is 0. The molecule has 0 saturated heterocycles. The highest BCUT2D eigenvalue weighted by Crippen LogP contribution is 2.60. The number of aromatic nitrogens is 3. The van der Waals surface area contributed by atoms with Gasteiger partial charge >= 0.3 is 0 Å². The number of para-hydroxylation sites is 3. The van der Waals surface area contributed by atoms with E-state index in [9.17, 15) is 0 Å². The average molecular weight is 879 g/mol. The predicted octanol–water partition coefficient (Wildman–Crippen LogP) is 16.5. The van der Waals surface area contributed by atoms with Gasteiger partial charge in [0, 0.05) is 33.1 Å². The highest BCUT2D eigenvalue weighted by molar-refractivity contribution is 6.11. The zero-order valence-corrected chi connectivity index (χ0v) is 37.5. The summed E-state index contributed by atoms with van der Waals surface area (Å²) in [6.07, 6.45) is 0. The van der Waals surface area contributed by atoms with Crippen molar-refractivity contribution >= 4 is 71.6 Å². The molecule has 1 aliphatic rings. The molecule has 11 aromatic carbocycles. The molecule has 4 nitrogen and oxygen atoms in total. The molecule has 0 aliphatic heterocycles. The van der Waals surface area contributed by atoms with E-state index in [1.807, 2.05) is 0 Å². The Bertz CT molecular complexity index is 4160. The number of anilines is 3. The van der Waals surface area contributed by atoms with E-state index >= 15 is 0 Å². The summed E-state index contributed by atoms with van der Waals surface area (Å²) in [5, 5.41) is 8.21. The Morgan fingerprint density at radius 1 is 0.391 bits per heavy atom. The van der Waals surface area contributed by atoms with E-state index in [0.717, 1.165) is 61.2 Å². The molecule has 69 heavy (non-hydrogen) atoms. The third kappa shape index (κ3) is 5.89. The standard InChI is InChI=1S/C65H42N4/c1-3-21-45(22-4-1)63-53-29-12-16-32-58(53)66-64(67-63)69(49-38-40-60-54(42-49)51-27-13-17-33-59(51)68(60)48-37-35-43-19-7-8-23-46(43)41-48)61-34-18-15-31-56(61)65(47-24-5-2-6-25-47)55-30-14-11-28-52(55)62-50-26-10-9-20-44(50)36-39-57(62)65/h1-42H. The van der Waals surface area contributed by atoms with E-state index in [4.69, 9.17) is 9.97 Å². The Kier molecular flexibility index (Phi) is 8.77. The third-order valence-electron chi connectivity index (χ3n) is 14.4. The largest absolute Gasteiger partial charge is 0.309 e. The lowest BCUT2D eigenvalue weighted by Gasteiger charge is -2.37. The summed E-state index contributed by atoms with van der Waals surface area (Å²) in [5.74, 6) is 0.589. The molecule has 1 aliphatic carbocycles. The minimum absolute atomic E-state index is 0.589. The third-order valence-corrected chi connectivity index (χ3v) is 14.4. The second kappa shape index (κ2) is 15.5. The SMILES string of the molecule is c1ccc(-c2nc(N(c3ccc4c(c3)c3ccccc3n4-c3ccc4ccccc4c3)c3ccccc3C3(c4ccccc4)c4ccccc4-c4c3ccc3ccccc43)nc3ccccc23)cc1. The van der Waals surface area contributed by atoms with E-state index < -0.39 is 5.41 Å². The molecule has 0 spiro atoms. The van der Waals surface area contributed by atoms with Crippen molar-refractivity contribution in [3.05, 3.63) is 277 Å². The van der Waals surface area contributed by atoms with Crippen molar-refractivity contribution < 1.29 is 0 Å². The second-order valence-corrected chi connectivity index (χ2v) is 18.1. The Hall–Kier alpha value is -9.12. The predicted molar refractivity (Wildman–Crippen MR) is 286 cm³/mol. The van der Waals surface area contributed by atoms with E-state index in [0.29, 0.717) is 5.95 Å². The molecule has 4 heteroatoms. The van der Waals surface area contributed by atoms with Crippen molar-refractivity contribution in [2.45, 2.75) is 5.41 Å². The zero-order chi connectivity index (χ0) is 45.5. The molecule has 0 fully saturated rings. The van der Waals surface area contributed by atoms with Crippen molar-refractivity contribution in [3.8, 4) is 28.1 Å². The van der Waals surface area contributed by atoms with Crippen LogP contribution in [-0.4, -0.2) is 14.5 Å². The van der Waals surface area contributed by atoms with E-state index in [1.165, 1.54) is 54.7 Å². The molecule has 13 aromatic rings. The molecule has 322 valence electrons. The van der Waals surface area contributed by atoms with Gasteiger partial charge in [0.25, 0.3) is 0 Å². The van der Waals surface area contributed by atoms with Gasteiger partial charge in [-0.05, 0) is 103 Å². The first-order chi connectivity index (χ1) is 34.2. The lowest BCUT2D eigenvalue weighted by Crippen LogP contribution is -2.31. The summed E-state index contributed by atoms with van der Waals surface area (Å²) in [6, 6.07) is 92.5. The average Bonchev–Trinajstić information content (AvgIpc) is 3.92. The minimum atomic E-state index is -0.721. The van der Waals surface area contributed by atoms with E-state index in [-0.39, 0.29) is 0 Å². The van der Waals surface area contributed by atoms with Gasteiger partial charge < -0.3 is 4.57 Å². The summed E-state index contributed by atoms with van der Waals surface area (Å²) in [4.78, 5) is 13.5. The first kappa shape index (κ1) is 39.1. The van der Waals surface area contributed by atoms with Gasteiger partial charge in [0.05, 0.1) is 33.3 Å². The van der Waals surface area contributed by atoms with Gasteiger partial charge in [0.1, 0.15) is 0 Å². The van der Waals surface area contributed by atoms with Crippen molar-refractivity contribution in [1.29, 1.82) is 0 Å². The van der Waals surface area contributed by atoms with E-state index in [2.05, 4.69) is 264 Å². The number of fused-ring (bicyclic) bond motifs is 10. The fourth-order valence-electron chi connectivity index (χ4n) is 11.5. The molecular weight excluding hydrogens is 837 g/mol. The Balaban J connectivity index is 1.09. The van der Waals surface area contributed by atoms with Crippen LogP contribution in [0.15, 0.2) is 255 Å². The molecule has 0 saturated carbocycles. The van der Waals surface area contributed by atoms with Gasteiger partial charge in [-0.3, -0.25) is 4.90 Å². The van der Waals surface area contributed by atoms with Crippen LogP contribution in [0.3, 0.4) is 0 Å².